The smallest absolute Gasteiger partial charge is 0.475 e. The number of rotatable bonds is 4. The van der Waals surface area contributed by atoms with Crippen molar-refractivity contribution in [3.8, 4) is 0 Å². The van der Waals surface area contributed by atoms with Gasteiger partial charge in [-0.1, -0.05) is 0 Å². The minimum absolute atomic E-state index is 0.0132. The fraction of sp³-hybridized carbons (Fsp3) is 0.600. The van der Waals surface area contributed by atoms with Crippen LogP contribution < -0.4 is 16.0 Å². The van der Waals surface area contributed by atoms with E-state index in [4.69, 9.17) is 14.6 Å². The minimum Gasteiger partial charge on any atom is -0.475 e. The van der Waals surface area contributed by atoms with Crippen molar-refractivity contribution in [3.05, 3.63) is 44.4 Å². The summed E-state index contributed by atoms with van der Waals surface area (Å²) >= 11 is 0. The maximum absolute atomic E-state index is 12.5. The number of piperidine rings is 1. The van der Waals surface area contributed by atoms with Crippen molar-refractivity contribution < 1.29 is 27.8 Å². The van der Waals surface area contributed by atoms with Crippen molar-refractivity contribution in [2.75, 3.05) is 31.7 Å². The van der Waals surface area contributed by atoms with E-state index in [1.54, 1.807) is 11.7 Å². The van der Waals surface area contributed by atoms with Gasteiger partial charge in [0.2, 0.25) is 0 Å². The number of nitrogens with zero attached hydrogens (tertiary/aromatic N) is 6. The van der Waals surface area contributed by atoms with Crippen LogP contribution in [0.2, 0.25) is 0 Å². The molecule has 0 atom stereocenters. The van der Waals surface area contributed by atoms with Crippen LogP contribution in [0, 0.1) is 12.3 Å². The first-order valence-corrected chi connectivity index (χ1v) is 10.5. The zero-order valence-corrected chi connectivity index (χ0v) is 18.7. The Balaban J connectivity index is 0.000000406. The molecule has 0 bridgehead atoms. The second-order valence-corrected chi connectivity index (χ2v) is 8.33. The molecule has 0 radical (unpaired) electrons. The van der Waals surface area contributed by atoms with Crippen LogP contribution in [0.25, 0.3) is 0 Å². The lowest BCUT2D eigenvalue weighted by Crippen LogP contribution is -2.45. The van der Waals surface area contributed by atoms with Gasteiger partial charge >= 0.3 is 23.3 Å². The molecule has 1 N–H and O–H groups in total. The van der Waals surface area contributed by atoms with Gasteiger partial charge < -0.3 is 14.7 Å². The number of methoxy groups -OCH3 is 1. The average molecular weight is 486 g/mol. The molecule has 2 aliphatic heterocycles. The van der Waals surface area contributed by atoms with Crippen LogP contribution in [-0.2, 0) is 29.0 Å². The van der Waals surface area contributed by atoms with Crippen LogP contribution in [-0.4, -0.2) is 68.6 Å². The Kier molecular flexibility index (Phi) is 7.38. The summed E-state index contributed by atoms with van der Waals surface area (Å²) in [5, 5.41) is 20.0. The average Bonchev–Trinajstić information content (AvgIpc) is 3.14. The molecule has 186 valence electrons. The molecule has 1 spiro atoms. The van der Waals surface area contributed by atoms with Gasteiger partial charge in [0.25, 0.3) is 0 Å². The number of aromatic nitrogens is 5. The highest BCUT2D eigenvalue weighted by Gasteiger charge is 2.42. The van der Waals surface area contributed by atoms with Crippen molar-refractivity contribution in [1.82, 2.24) is 24.5 Å². The van der Waals surface area contributed by atoms with Crippen molar-refractivity contribution in [2.45, 2.75) is 45.5 Å². The van der Waals surface area contributed by atoms with Crippen LogP contribution in [0.5, 0.6) is 0 Å². The summed E-state index contributed by atoms with van der Waals surface area (Å²) in [5.41, 5.74) is -0.153. The van der Waals surface area contributed by atoms with Gasteiger partial charge in [0.05, 0.1) is 18.8 Å². The molecule has 2 aromatic heterocycles. The Morgan fingerprint density at radius 3 is 2.35 bits per heavy atom. The first-order chi connectivity index (χ1) is 16.0. The Labute approximate surface area is 191 Å². The van der Waals surface area contributed by atoms with E-state index in [0.717, 1.165) is 43.9 Å². The summed E-state index contributed by atoms with van der Waals surface area (Å²) in [6.45, 7) is 4.86. The Hall–Kier alpha value is -3.29. The maximum atomic E-state index is 12.5. The predicted octanol–water partition coefficient (Wildman–Crippen LogP) is 0.626. The Bertz CT molecular complexity index is 1140. The van der Waals surface area contributed by atoms with E-state index in [9.17, 15) is 22.8 Å². The number of ether oxygens (including phenoxy) is 1. The third-order valence-electron chi connectivity index (χ3n) is 5.92. The van der Waals surface area contributed by atoms with Gasteiger partial charge in [0, 0.05) is 33.2 Å². The number of aryl methyl sites for hydroxylation is 1. The summed E-state index contributed by atoms with van der Waals surface area (Å²) in [6, 6.07) is 3.97. The highest BCUT2D eigenvalue weighted by atomic mass is 19.4. The van der Waals surface area contributed by atoms with Crippen molar-refractivity contribution in [2.24, 2.45) is 5.41 Å². The molecule has 4 heterocycles. The summed E-state index contributed by atoms with van der Waals surface area (Å²) in [7, 11) is 1.56. The summed E-state index contributed by atoms with van der Waals surface area (Å²) in [5.74, 6) is -1.16. The number of carbonyl (C=O) groups is 1. The van der Waals surface area contributed by atoms with Crippen LogP contribution in [0.4, 0.5) is 19.0 Å². The van der Waals surface area contributed by atoms with Crippen LogP contribution in [0.1, 0.15) is 24.4 Å². The fourth-order valence-electron chi connectivity index (χ4n) is 4.04. The molecule has 1 saturated heterocycles. The number of halogens is 3. The Morgan fingerprint density at radius 1 is 1.18 bits per heavy atom. The van der Waals surface area contributed by atoms with E-state index in [0.29, 0.717) is 25.5 Å². The number of carboxylic acid groups (broad SMARTS) is 1. The molecule has 11 nitrogen and oxygen atoms in total. The lowest BCUT2D eigenvalue weighted by molar-refractivity contribution is -0.192. The molecule has 2 aliphatic rings. The number of aliphatic carboxylic acids is 1. The van der Waals surface area contributed by atoms with E-state index in [1.165, 1.54) is 4.68 Å². The molecular formula is C20H25F3N6O5. The Morgan fingerprint density at radius 2 is 1.82 bits per heavy atom. The molecule has 0 saturated carbocycles. The normalized spacial score (nSPS) is 16.7. The van der Waals surface area contributed by atoms with Gasteiger partial charge in [-0.2, -0.15) is 23.4 Å². The van der Waals surface area contributed by atoms with E-state index in [1.807, 2.05) is 19.1 Å². The van der Waals surface area contributed by atoms with Gasteiger partial charge in [-0.15, -0.1) is 5.10 Å². The van der Waals surface area contributed by atoms with Crippen LogP contribution in [0.15, 0.2) is 21.7 Å². The molecule has 0 unspecified atom stereocenters. The summed E-state index contributed by atoms with van der Waals surface area (Å²) in [4.78, 5) is 35.9. The van der Waals surface area contributed by atoms with E-state index >= 15 is 0 Å². The molecule has 0 amide bonds. The maximum Gasteiger partial charge on any atom is 0.490 e. The van der Waals surface area contributed by atoms with Gasteiger partial charge in [-0.05, 0) is 37.3 Å². The van der Waals surface area contributed by atoms with E-state index in [2.05, 4.69) is 20.2 Å². The van der Waals surface area contributed by atoms with Crippen molar-refractivity contribution >= 4 is 11.8 Å². The van der Waals surface area contributed by atoms with E-state index < -0.39 is 23.3 Å². The third kappa shape index (κ3) is 5.61. The van der Waals surface area contributed by atoms with E-state index in [-0.39, 0.29) is 5.41 Å². The van der Waals surface area contributed by atoms with Crippen LogP contribution in [0.3, 0.4) is 0 Å². The predicted molar refractivity (Wildman–Crippen MR) is 113 cm³/mol. The molecule has 4 rings (SSSR count). The molecule has 0 aliphatic carbocycles. The van der Waals surface area contributed by atoms with Crippen molar-refractivity contribution in [3.63, 3.8) is 0 Å². The van der Waals surface area contributed by atoms with Crippen LogP contribution >= 0.6 is 0 Å². The molecular weight excluding hydrogens is 461 g/mol. The molecule has 0 aromatic carbocycles. The molecule has 14 heteroatoms. The van der Waals surface area contributed by atoms with Gasteiger partial charge in [0.15, 0.2) is 5.82 Å². The SMILES string of the molecule is COCCn1nc2n(c(=O)c1=O)CC1(CCN(c3ccc(C)nn3)CC1)C2.O=C(O)C(F)(F)F. The van der Waals surface area contributed by atoms with Gasteiger partial charge in [-0.3, -0.25) is 14.2 Å². The fourth-order valence-corrected chi connectivity index (χ4v) is 4.04. The molecule has 1 fully saturated rings. The third-order valence-corrected chi connectivity index (χ3v) is 5.92. The number of alkyl halides is 3. The first-order valence-electron chi connectivity index (χ1n) is 10.5. The minimum atomic E-state index is -5.08. The molecule has 2 aromatic rings. The zero-order chi connectivity index (χ0) is 25.1. The lowest BCUT2D eigenvalue weighted by Gasteiger charge is -2.39. The number of hydrogen-bond acceptors (Lipinski definition) is 8. The lowest BCUT2D eigenvalue weighted by atomic mass is 9.77. The number of anilines is 1. The van der Waals surface area contributed by atoms with Crippen molar-refractivity contribution in [1.29, 1.82) is 0 Å². The number of hydrogen-bond donors (Lipinski definition) is 1. The monoisotopic (exact) mass is 486 g/mol. The summed E-state index contributed by atoms with van der Waals surface area (Å²) in [6.07, 6.45) is -2.50. The standard InChI is InChI=1S/C18H24N6O3.C2HF3O2/c1-13-3-4-14(20-19-13)22-7-5-18(6-8-22)11-15-21-24(9-10-27-2)17(26)16(25)23(15)12-18;3-2(4,5)1(6)7/h3-4H,5-12H2,1-2H3;(H,6,7). The topological polar surface area (TPSA) is 132 Å². The van der Waals surface area contributed by atoms with Gasteiger partial charge in [0.1, 0.15) is 5.82 Å². The second kappa shape index (κ2) is 9.91. The largest absolute Gasteiger partial charge is 0.490 e. The highest BCUT2D eigenvalue weighted by molar-refractivity contribution is 5.73. The summed E-state index contributed by atoms with van der Waals surface area (Å²) < 4.78 is 39.6. The number of fused-ring (bicyclic) bond motifs is 1. The number of carboxylic acids is 1. The highest BCUT2D eigenvalue weighted by Crippen LogP contribution is 2.40. The second-order valence-electron chi connectivity index (χ2n) is 8.33. The quantitative estimate of drug-likeness (QED) is 0.618. The zero-order valence-electron chi connectivity index (χ0n) is 18.7. The molecule has 34 heavy (non-hydrogen) atoms. The first kappa shape index (κ1) is 25.3. The van der Waals surface area contributed by atoms with Gasteiger partial charge in [-0.25, -0.2) is 9.48 Å².